The van der Waals surface area contributed by atoms with E-state index in [-0.39, 0.29) is 0 Å². The monoisotopic (exact) mass is 321 g/mol. The number of hydrogen-bond acceptors (Lipinski definition) is 4. The zero-order valence-electron chi connectivity index (χ0n) is 14.1. The Kier molecular flexibility index (Phi) is 5.45. The molecule has 4 nitrogen and oxygen atoms in total. The maximum Gasteiger partial charge on any atom is 0.122 e. The Hall–Kier alpha value is -2.38. The summed E-state index contributed by atoms with van der Waals surface area (Å²) in [4.78, 5) is 6.68. The summed E-state index contributed by atoms with van der Waals surface area (Å²) in [6.45, 7) is 5.87. The zero-order valence-corrected chi connectivity index (χ0v) is 14.1. The molecule has 1 aliphatic rings. The highest BCUT2D eigenvalue weighted by Gasteiger charge is 2.20. The minimum Gasteiger partial charge on any atom is -0.493 e. The van der Waals surface area contributed by atoms with Crippen LogP contribution in [0.4, 0.5) is 0 Å². The van der Waals surface area contributed by atoms with Crippen LogP contribution < -0.4 is 4.74 Å². The number of hydrogen-bond donors (Lipinski definition) is 0. The molecule has 0 radical (unpaired) electrons. The number of nitrogens with zero attached hydrogens (tertiary/aromatic N) is 3. The third-order valence-electron chi connectivity index (χ3n) is 4.45. The van der Waals surface area contributed by atoms with Crippen molar-refractivity contribution in [2.45, 2.75) is 26.3 Å². The van der Waals surface area contributed by atoms with Crippen LogP contribution in [0.2, 0.25) is 0 Å². The molecule has 0 aliphatic carbocycles. The van der Waals surface area contributed by atoms with Gasteiger partial charge in [0.15, 0.2) is 0 Å². The number of benzene rings is 1. The van der Waals surface area contributed by atoms with Gasteiger partial charge in [-0.3, -0.25) is 9.88 Å². The highest BCUT2D eigenvalue weighted by molar-refractivity contribution is 5.31. The first-order valence-corrected chi connectivity index (χ1v) is 8.50. The molecule has 1 fully saturated rings. The average Bonchev–Trinajstić information content (AvgIpc) is 2.61. The van der Waals surface area contributed by atoms with Crippen LogP contribution in [0.5, 0.6) is 5.75 Å². The molecule has 1 saturated heterocycles. The van der Waals surface area contributed by atoms with Crippen molar-refractivity contribution in [3.05, 3.63) is 59.4 Å². The van der Waals surface area contributed by atoms with Crippen LogP contribution in [0, 0.1) is 24.2 Å². The number of aryl methyl sites for hydroxylation is 1. The highest BCUT2D eigenvalue weighted by Crippen LogP contribution is 2.20. The van der Waals surface area contributed by atoms with Gasteiger partial charge >= 0.3 is 0 Å². The summed E-state index contributed by atoms with van der Waals surface area (Å²) in [5.41, 5.74) is 2.97. The largest absolute Gasteiger partial charge is 0.493 e. The fourth-order valence-corrected chi connectivity index (χ4v) is 3.20. The molecule has 0 saturated carbocycles. The fourth-order valence-electron chi connectivity index (χ4n) is 3.20. The molecule has 2 heterocycles. The first kappa shape index (κ1) is 16.5. The van der Waals surface area contributed by atoms with Gasteiger partial charge in [0.2, 0.25) is 0 Å². The molecule has 24 heavy (non-hydrogen) atoms. The molecule has 4 heteroatoms. The van der Waals surface area contributed by atoms with E-state index in [1.54, 1.807) is 6.20 Å². The Balaban J connectivity index is 1.51. The molecule has 1 unspecified atom stereocenters. The first-order chi connectivity index (χ1) is 11.7. The molecule has 0 N–H and O–H groups in total. The molecule has 1 atom stereocenters. The summed E-state index contributed by atoms with van der Waals surface area (Å²) in [7, 11) is 0. The molecule has 0 spiro atoms. The van der Waals surface area contributed by atoms with Crippen molar-refractivity contribution in [1.29, 1.82) is 5.26 Å². The van der Waals surface area contributed by atoms with E-state index in [9.17, 15) is 0 Å². The summed E-state index contributed by atoms with van der Waals surface area (Å²) >= 11 is 0. The first-order valence-electron chi connectivity index (χ1n) is 8.50. The van der Waals surface area contributed by atoms with Crippen LogP contribution in [0.15, 0.2) is 42.6 Å². The van der Waals surface area contributed by atoms with E-state index in [1.807, 2.05) is 31.2 Å². The van der Waals surface area contributed by atoms with E-state index in [4.69, 9.17) is 10.00 Å². The van der Waals surface area contributed by atoms with E-state index in [1.165, 1.54) is 18.4 Å². The Morgan fingerprint density at radius 1 is 1.29 bits per heavy atom. The lowest BCUT2D eigenvalue weighted by Gasteiger charge is -2.32. The zero-order chi connectivity index (χ0) is 16.8. The standard InChI is InChI=1S/C20H23N3O/c1-16-11-20(8-9-22-16)24-15-19-3-2-10-23(14-19)13-18-6-4-17(12-21)5-7-18/h4-9,11,19H,2-3,10,13-15H2,1H3. The van der Waals surface area contributed by atoms with E-state index in [2.05, 4.69) is 28.1 Å². The van der Waals surface area contributed by atoms with Gasteiger partial charge in [0.05, 0.1) is 18.2 Å². The van der Waals surface area contributed by atoms with Crippen LogP contribution in [-0.2, 0) is 6.54 Å². The predicted octanol–water partition coefficient (Wildman–Crippen LogP) is 3.55. The molecule has 0 bridgehead atoms. The molecule has 124 valence electrons. The van der Waals surface area contributed by atoms with Crippen molar-refractivity contribution in [3.8, 4) is 11.8 Å². The number of pyridine rings is 1. The maximum atomic E-state index is 8.88. The molecule has 2 aromatic rings. The van der Waals surface area contributed by atoms with Gasteiger partial charge in [-0.2, -0.15) is 5.26 Å². The second-order valence-corrected chi connectivity index (χ2v) is 6.50. The van der Waals surface area contributed by atoms with Crippen molar-refractivity contribution in [2.24, 2.45) is 5.92 Å². The lowest BCUT2D eigenvalue weighted by atomic mass is 9.98. The van der Waals surface area contributed by atoms with Crippen molar-refractivity contribution in [2.75, 3.05) is 19.7 Å². The van der Waals surface area contributed by atoms with E-state index >= 15 is 0 Å². The lowest BCUT2D eigenvalue weighted by molar-refractivity contribution is 0.125. The molecular weight excluding hydrogens is 298 g/mol. The summed E-state index contributed by atoms with van der Waals surface area (Å²) in [5, 5.41) is 8.88. The SMILES string of the molecule is Cc1cc(OCC2CCCN(Cc3ccc(C#N)cc3)C2)ccn1. The average molecular weight is 321 g/mol. The minimum absolute atomic E-state index is 0.561. The van der Waals surface area contributed by atoms with Crippen molar-refractivity contribution in [3.63, 3.8) is 0 Å². The Labute approximate surface area is 143 Å². The van der Waals surface area contributed by atoms with E-state index in [0.717, 1.165) is 43.2 Å². The van der Waals surface area contributed by atoms with Crippen LogP contribution >= 0.6 is 0 Å². The van der Waals surface area contributed by atoms with Gasteiger partial charge in [-0.05, 0) is 50.1 Å². The number of nitriles is 1. The molecular formula is C20H23N3O. The Morgan fingerprint density at radius 3 is 2.88 bits per heavy atom. The van der Waals surface area contributed by atoms with Gasteiger partial charge in [-0.15, -0.1) is 0 Å². The third kappa shape index (κ3) is 4.56. The Morgan fingerprint density at radius 2 is 2.12 bits per heavy atom. The van der Waals surface area contributed by atoms with Gasteiger partial charge in [0.25, 0.3) is 0 Å². The van der Waals surface area contributed by atoms with Gasteiger partial charge in [0.1, 0.15) is 5.75 Å². The minimum atomic E-state index is 0.561. The van der Waals surface area contributed by atoms with Gasteiger partial charge in [-0.25, -0.2) is 0 Å². The number of likely N-dealkylation sites (tertiary alicyclic amines) is 1. The summed E-state index contributed by atoms with van der Waals surface area (Å²) in [6.07, 6.45) is 4.22. The maximum absolute atomic E-state index is 8.88. The molecule has 1 aromatic heterocycles. The third-order valence-corrected chi connectivity index (χ3v) is 4.45. The highest BCUT2D eigenvalue weighted by atomic mass is 16.5. The quantitative estimate of drug-likeness (QED) is 0.845. The number of piperidine rings is 1. The molecule has 1 aliphatic heterocycles. The second kappa shape index (κ2) is 7.94. The second-order valence-electron chi connectivity index (χ2n) is 6.50. The number of ether oxygens (including phenoxy) is 1. The lowest BCUT2D eigenvalue weighted by Crippen LogP contribution is -2.37. The topological polar surface area (TPSA) is 49.1 Å². The molecule has 3 rings (SSSR count). The number of aromatic nitrogens is 1. The van der Waals surface area contributed by atoms with Gasteiger partial charge in [-0.1, -0.05) is 12.1 Å². The van der Waals surface area contributed by atoms with Crippen LogP contribution in [0.3, 0.4) is 0 Å². The van der Waals surface area contributed by atoms with Crippen molar-refractivity contribution in [1.82, 2.24) is 9.88 Å². The predicted molar refractivity (Wildman–Crippen MR) is 93.6 cm³/mol. The smallest absolute Gasteiger partial charge is 0.122 e. The van der Waals surface area contributed by atoms with E-state index < -0.39 is 0 Å². The van der Waals surface area contributed by atoms with Crippen LogP contribution in [-0.4, -0.2) is 29.6 Å². The molecule has 0 amide bonds. The summed E-state index contributed by atoms with van der Waals surface area (Å²) in [6, 6.07) is 14.0. The van der Waals surface area contributed by atoms with Crippen LogP contribution in [0.1, 0.15) is 29.7 Å². The van der Waals surface area contributed by atoms with Crippen molar-refractivity contribution < 1.29 is 4.74 Å². The number of rotatable bonds is 5. The fraction of sp³-hybridized carbons (Fsp3) is 0.400. The summed E-state index contributed by atoms with van der Waals surface area (Å²) in [5.74, 6) is 1.47. The summed E-state index contributed by atoms with van der Waals surface area (Å²) < 4.78 is 5.95. The van der Waals surface area contributed by atoms with Crippen molar-refractivity contribution >= 4 is 0 Å². The normalized spacial score (nSPS) is 18.1. The van der Waals surface area contributed by atoms with Crippen LogP contribution in [0.25, 0.3) is 0 Å². The van der Waals surface area contributed by atoms with Gasteiger partial charge < -0.3 is 4.74 Å². The Bertz CT molecular complexity index is 706. The molecule has 1 aromatic carbocycles. The van der Waals surface area contributed by atoms with Gasteiger partial charge in [0, 0.05) is 37.0 Å². The van der Waals surface area contributed by atoms with E-state index in [0.29, 0.717) is 5.92 Å².